The monoisotopic (exact) mass is 529 g/mol. The first kappa shape index (κ1) is 27.4. The van der Waals surface area contributed by atoms with Crippen LogP contribution in [0.15, 0.2) is 54.6 Å². The molecule has 6 heteroatoms. The van der Waals surface area contributed by atoms with Gasteiger partial charge < -0.3 is 19.4 Å². The third-order valence-electron chi connectivity index (χ3n) is 8.49. The maximum absolute atomic E-state index is 12.9. The van der Waals surface area contributed by atoms with Crippen LogP contribution in [-0.2, 0) is 16.0 Å². The summed E-state index contributed by atoms with van der Waals surface area (Å²) in [6, 6.07) is 16.7. The summed E-state index contributed by atoms with van der Waals surface area (Å²) < 4.78 is 12.1. The van der Waals surface area contributed by atoms with Crippen LogP contribution in [0.1, 0.15) is 64.3 Å². The lowest BCUT2D eigenvalue weighted by molar-refractivity contribution is -0.176. The van der Waals surface area contributed by atoms with Crippen LogP contribution < -0.4 is 4.74 Å². The van der Waals surface area contributed by atoms with Crippen LogP contribution in [0.2, 0.25) is 0 Å². The first-order valence-corrected chi connectivity index (χ1v) is 14.7. The number of H-pyrrole nitrogens is 1. The first-order chi connectivity index (χ1) is 18.9. The van der Waals surface area contributed by atoms with Gasteiger partial charge in [-0.05, 0) is 75.4 Å². The van der Waals surface area contributed by atoms with Gasteiger partial charge >= 0.3 is 5.97 Å². The molecule has 208 valence electrons. The molecule has 1 N–H and O–H groups in total. The number of nitrogens with one attached hydrogen (secondary N) is 1. The molecule has 3 atom stereocenters. The highest BCUT2D eigenvalue weighted by atomic mass is 16.6. The van der Waals surface area contributed by atoms with Gasteiger partial charge in [-0.2, -0.15) is 0 Å². The van der Waals surface area contributed by atoms with E-state index in [-0.39, 0.29) is 17.8 Å². The molecular weight excluding hydrogens is 486 g/mol. The molecule has 0 aliphatic heterocycles. The van der Waals surface area contributed by atoms with Crippen LogP contribution in [0.3, 0.4) is 0 Å². The number of aryl methyl sites for hydroxylation is 1. The second kappa shape index (κ2) is 12.0. The zero-order chi connectivity index (χ0) is 27.4. The quantitative estimate of drug-likeness (QED) is 0.266. The van der Waals surface area contributed by atoms with E-state index in [1.807, 2.05) is 39.0 Å². The molecule has 1 heterocycles. The van der Waals surface area contributed by atoms with Gasteiger partial charge in [-0.3, -0.25) is 4.79 Å². The van der Waals surface area contributed by atoms with Gasteiger partial charge in [0, 0.05) is 25.3 Å². The summed E-state index contributed by atoms with van der Waals surface area (Å²) >= 11 is 0. The Balaban J connectivity index is 1.22. The van der Waals surface area contributed by atoms with Crippen LogP contribution >= 0.6 is 0 Å². The Morgan fingerprint density at radius 2 is 1.95 bits per heavy atom. The number of ether oxygens (including phenoxy) is 2. The van der Waals surface area contributed by atoms with Crippen LogP contribution in [0.25, 0.3) is 16.6 Å². The number of benzene rings is 2. The van der Waals surface area contributed by atoms with Crippen molar-refractivity contribution in [2.45, 2.75) is 64.9 Å². The van der Waals surface area contributed by atoms with E-state index in [1.54, 1.807) is 0 Å². The number of aromatic nitrogens is 2. The number of carbonyl (C=O) groups excluding carboxylic acids is 1. The molecule has 1 fully saturated rings. The number of para-hydroxylation sites is 1. The highest BCUT2D eigenvalue weighted by Crippen LogP contribution is 2.53. The predicted octanol–water partition coefficient (Wildman–Crippen LogP) is 6.67. The Morgan fingerprint density at radius 1 is 1.13 bits per heavy atom. The predicted molar refractivity (Wildman–Crippen MR) is 157 cm³/mol. The minimum absolute atomic E-state index is 0.0730. The molecule has 39 heavy (non-hydrogen) atoms. The van der Waals surface area contributed by atoms with Crippen LogP contribution in [0, 0.1) is 17.8 Å². The van der Waals surface area contributed by atoms with Gasteiger partial charge in [0.05, 0.1) is 18.0 Å². The van der Waals surface area contributed by atoms with Crippen molar-refractivity contribution in [2.24, 2.45) is 17.8 Å². The molecule has 3 aliphatic carbocycles. The van der Waals surface area contributed by atoms with Gasteiger partial charge in [0.2, 0.25) is 0 Å². The zero-order valence-electron chi connectivity index (χ0n) is 23.9. The van der Waals surface area contributed by atoms with Gasteiger partial charge in [0.1, 0.15) is 22.7 Å². The molecule has 1 aromatic heterocycles. The Bertz CT molecular complexity index is 1300. The number of nitrogens with zero attached hydrogens (tertiary/aromatic N) is 2. The van der Waals surface area contributed by atoms with E-state index >= 15 is 0 Å². The van der Waals surface area contributed by atoms with Crippen molar-refractivity contribution in [1.29, 1.82) is 0 Å². The molecule has 0 spiro atoms. The summed E-state index contributed by atoms with van der Waals surface area (Å²) in [6.45, 7) is 8.35. The summed E-state index contributed by atoms with van der Waals surface area (Å²) in [4.78, 5) is 23.5. The molecule has 0 amide bonds. The molecule has 0 unspecified atom stereocenters. The average molecular weight is 530 g/mol. The van der Waals surface area contributed by atoms with Gasteiger partial charge in [0.15, 0.2) is 0 Å². The Labute approximate surface area is 232 Å². The fourth-order valence-electron chi connectivity index (χ4n) is 6.36. The Kier molecular flexibility index (Phi) is 8.41. The first-order valence-electron chi connectivity index (χ1n) is 14.7. The summed E-state index contributed by atoms with van der Waals surface area (Å²) in [7, 11) is 2.18. The minimum Gasteiger partial charge on any atom is -0.492 e. The highest BCUT2D eigenvalue weighted by molar-refractivity contribution is 5.81. The zero-order valence-corrected chi connectivity index (χ0v) is 23.9. The number of rotatable bonds is 12. The lowest BCUT2D eigenvalue weighted by Crippen LogP contribution is -2.51. The topological polar surface area (TPSA) is 67.4 Å². The van der Waals surface area contributed by atoms with Gasteiger partial charge in [0.25, 0.3) is 0 Å². The molecule has 2 bridgehead atoms. The lowest BCUT2D eigenvalue weighted by atomic mass is 9.60. The second-order valence-corrected chi connectivity index (χ2v) is 11.6. The van der Waals surface area contributed by atoms with E-state index in [2.05, 4.69) is 53.3 Å². The standard InChI is InChI=1S/C33H43N3O3/c1-5-38-29-14-9-13-28-31(29)35-30(34-28)15-10-19-36(4)20-18-33(39-32(37)23(2)3)22-25-16-17-26(33)21-27(25)24-11-7-6-8-12-24/h6-9,11-14,21,23,25-26H,5,10,15-20,22H2,1-4H3,(H,34,35)/t25-,26-,33+/m1/s1. The van der Waals surface area contributed by atoms with Gasteiger partial charge in [-0.25, -0.2) is 4.98 Å². The van der Waals surface area contributed by atoms with Crippen LogP contribution in [0.5, 0.6) is 5.75 Å². The van der Waals surface area contributed by atoms with E-state index < -0.39 is 5.60 Å². The maximum atomic E-state index is 12.9. The van der Waals surface area contributed by atoms with E-state index in [0.717, 1.165) is 67.8 Å². The number of imidazole rings is 1. The average Bonchev–Trinajstić information content (AvgIpc) is 3.37. The summed E-state index contributed by atoms with van der Waals surface area (Å²) in [5.74, 6) is 2.35. The van der Waals surface area contributed by atoms with Gasteiger partial charge in [-0.15, -0.1) is 0 Å². The molecule has 3 aromatic rings. The molecule has 0 radical (unpaired) electrons. The van der Waals surface area contributed by atoms with Crippen molar-refractivity contribution in [3.8, 4) is 5.75 Å². The van der Waals surface area contributed by atoms with E-state index in [1.165, 1.54) is 17.6 Å². The number of fused-ring (bicyclic) bond motifs is 3. The largest absolute Gasteiger partial charge is 0.492 e. The third kappa shape index (κ3) is 6.06. The van der Waals surface area contributed by atoms with Gasteiger partial charge in [-0.1, -0.05) is 56.3 Å². The maximum Gasteiger partial charge on any atom is 0.308 e. The lowest BCUT2D eigenvalue weighted by Gasteiger charge is -2.50. The minimum atomic E-state index is -0.411. The number of esters is 1. The third-order valence-corrected chi connectivity index (χ3v) is 8.49. The normalized spacial score (nSPS) is 22.5. The van der Waals surface area contributed by atoms with Crippen molar-refractivity contribution in [3.05, 3.63) is 66.0 Å². The molecule has 1 saturated carbocycles. The van der Waals surface area contributed by atoms with Crippen molar-refractivity contribution in [3.63, 3.8) is 0 Å². The molecular formula is C33H43N3O3. The summed E-state index contributed by atoms with van der Waals surface area (Å²) in [5, 5.41) is 0. The second-order valence-electron chi connectivity index (χ2n) is 11.6. The number of aromatic amines is 1. The molecule has 2 aromatic carbocycles. The number of hydrogen-bond acceptors (Lipinski definition) is 5. The molecule has 6 nitrogen and oxygen atoms in total. The van der Waals surface area contributed by atoms with Crippen molar-refractivity contribution in [1.82, 2.24) is 14.9 Å². The SMILES string of the molecule is CCOc1cccc2[nH]c(CCCN(C)CC[C@]3(OC(=O)C(C)C)C[C@H]4CC[C@@H]3C=C4c3ccccc3)nc12. The van der Waals surface area contributed by atoms with Crippen molar-refractivity contribution < 1.29 is 14.3 Å². The fraction of sp³-hybridized carbons (Fsp3) is 0.515. The van der Waals surface area contributed by atoms with E-state index in [0.29, 0.717) is 12.5 Å². The smallest absolute Gasteiger partial charge is 0.308 e. The number of carbonyl (C=O) groups is 1. The fourth-order valence-corrected chi connectivity index (χ4v) is 6.36. The summed E-state index contributed by atoms with van der Waals surface area (Å²) in [5.41, 5.74) is 4.27. The van der Waals surface area contributed by atoms with Crippen LogP contribution in [0.4, 0.5) is 0 Å². The number of allylic oxidation sites excluding steroid dienone is 1. The number of hydrogen-bond donors (Lipinski definition) is 1. The molecule has 0 saturated heterocycles. The summed E-state index contributed by atoms with van der Waals surface area (Å²) in [6.07, 6.45) is 8.36. The Hall–Kier alpha value is -3.12. The van der Waals surface area contributed by atoms with Crippen molar-refractivity contribution >= 4 is 22.6 Å². The Morgan fingerprint density at radius 3 is 2.67 bits per heavy atom. The molecule has 6 rings (SSSR count). The van der Waals surface area contributed by atoms with E-state index in [9.17, 15) is 4.79 Å². The highest BCUT2D eigenvalue weighted by Gasteiger charge is 2.50. The van der Waals surface area contributed by atoms with E-state index in [4.69, 9.17) is 14.5 Å². The van der Waals surface area contributed by atoms with Crippen molar-refractivity contribution in [2.75, 3.05) is 26.7 Å². The molecule has 3 aliphatic rings. The van der Waals surface area contributed by atoms with Crippen LogP contribution in [-0.4, -0.2) is 53.2 Å².